The minimum absolute atomic E-state index is 0.303. The van der Waals surface area contributed by atoms with Gasteiger partial charge in [0.15, 0.2) is 0 Å². The predicted molar refractivity (Wildman–Crippen MR) is 83.5 cm³/mol. The average molecular weight is 311 g/mol. The minimum Gasteiger partial charge on any atom is -0.481 e. The zero-order valence-corrected chi connectivity index (χ0v) is 12.9. The van der Waals surface area contributed by atoms with Crippen LogP contribution in [0, 0.1) is 11.8 Å². The molecule has 2 N–H and O–H groups in total. The molecule has 0 amide bonds. The summed E-state index contributed by atoms with van der Waals surface area (Å²) in [5, 5.41) is 20.2. The summed E-state index contributed by atoms with van der Waals surface area (Å²) in [5.41, 5.74) is 0.833. The summed E-state index contributed by atoms with van der Waals surface area (Å²) in [5.74, 6) is -0.878. The summed E-state index contributed by atoms with van der Waals surface area (Å²) in [6, 6.07) is 7.30. The van der Waals surface area contributed by atoms with E-state index in [4.69, 9.17) is 11.6 Å². The van der Waals surface area contributed by atoms with Crippen molar-refractivity contribution in [3.8, 4) is 0 Å². The SMILES string of the molecule is O=C(O)C(Cc1ccccc1Cl)CC(O)CC1CCCC1. The number of carboxylic acid groups (broad SMARTS) is 1. The first-order valence-corrected chi connectivity index (χ1v) is 8.08. The molecule has 0 aliphatic heterocycles. The first-order valence-electron chi connectivity index (χ1n) is 7.70. The quantitative estimate of drug-likeness (QED) is 0.802. The van der Waals surface area contributed by atoms with Crippen LogP contribution in [0.2, 0.25) is 5.02 Å². The van der Waals surface area contributed by atoms with E-state index < -0.39 is 18.0 Å². The van der Waals surface area contributed by atoms with Crippen molar-refractivity contribution >= 4 is 17.6 Å². The number of aliphatic hydroxyl groups excluding tert-OH is 1. The van der Waals surface area contributed by atoms with Gasteiger partial charge in [-0.3, -0.25) is 4.79 Å². The zero-order valence-electron chi connectivity index (χ0n) is 12.2. The van der Waals surface area contributed by atoms with Crippen molar-refractivity contribution < 1.29 is 15.0 Å². The lowest BCUT2D eigenvalue weighted by Crippen LogP contribution is -2.24. The van der Waals surface area contributed by atoms with Crippen LogP contribution in [0.25, 0.3) is 0 Å². The van der Waals surface area contributed by atoms with Gasteiger partial charge in [-0.15, -0.1) is 0 Å². The summed E-state index contributed by atoms with van der Waals surface area (Å²) in [6.45, 7) is 0. The van der Waals surface area contributed by atoms with E-state index >= 15 is 0 Å². The number of hydrogen-bond acceptors (Lipinski definition) is 2. The molecule has 0 radical (unpaired) electrons. The number of hydrogen-bond donors (Lipinski definition) is 2. The van der Waals surface area contributed by atoms with Gasteiger partial charge in [0.1, 0.15) is 0 Å². The largest absolute Gasteiger partial charge is 0.481 e. The molecule has 1 aliphatic rings. The van der Waals surface area contributed by atoms with Crippen molar-refractivity contribution in [1.82, 2.24) is 0 Å². The summed E-state index contributed by atoms with van der Waals surface area (Å²) in [7, 11) is 0. The molecule has 0 heterocycles. The molecular weight excluding hydrogens is 288 g/mol. The van der Waals surface area contributed by atoms with Crippen LogP contribution >= 0.6 is 11.6 Å². The lowest BCUT2D eigenvalue weighted by Gasteiger charge is -2.20. The molecule has 4 heteroatoms. The summed E-state index contributed by atoms with van der Waals surface area (Å²) in [4.78, 5) is 11.4. The van der Waals surface area contributed by atoms with Gasteiger partial charge < -0.3 is 10.2 Å². The molecule has 1 aromatic carbocycles. The summed E-state index contributed by atoms with van der Waals surface area (Å²) >= 11 is 6.09. The van der Waals surface area contributed by atoms with Crippen LogP contribution in [0.3, 0.4) is 0 Å². The topological polar surface area (TPSA) is 57.5 Å². The van der Waals surface area contributed by atoms with Crippen LogP contribution in [0.15, 0.2) is 24.3 Å². The number of halogens is 1. The smallest absolute Gasteiger partial charge is 0.306 e. The Bertz CT molecular complexity index is 469. The second-order valence-electron chi connectivity index (χ2n) is 6.11. The van der Waals surface area contributed by atoms with Crippen molar-refractivity contribution in [2.24, 2.45) is 11.8 Å². The van der Waals surface area contributed by atoms with Crippen LogP contribution in [0.5, 0.6) is 0 Å². The third-order valence-electron chi connectivity index (χ3n) is 4.41. The van der Waals surface area contributed by atoms with Gasteiger partial charge in [-0.1, -0.05) is 55.5 Å². The highest BCUT2D eigenvalue weighted by Crippen LogP contribution is 2.30. The Morgan fingerprint density at radius 1 is 1.29 bits per heavy atom. The number of rotatable bonds is 7. The van der Waals surface area contributed by atoms with Crippen LogP contribution in [-0.2, 0) is 11.2 Å². The molecule has 2 rings (SSSR count). The molecule has 0 aromatic heterocycles. The van der Waals surface area contributed by atoms with Crippen molar-refractivity contribution in [3.63, 3.8) is 0 Å². The van der Waals surface area contributed by atoms with E-state index in [0.717, 1.165) is 12.0 Å². The van der Waals surface area contributed by atoms with Crippen LogP contribution in [-0.4, -0.2) is 22.3 Å². The monoisotopic (exact) mass is 310 g/mol. The Morgan fingerprint density at radius 3 is 2.57 bits per heavy atom. The molecule has 0 bridgehead atoms. The van der Waals surface area contributed by atoms with Gasteiger partial charge in [0.05, 0.1) is 12.0 Å². The second-order valence-corrected chi connectivity index (χ2v) is 6.51. The Kier molecular flexibility index (Phi) is 6.07. The van der Waals surface area contributed by atoms with Gasteiger partial charge in [-0.25, -0.2) is 0 Å². The molecule has 1 saturated carbocycles. The Balaban J connectivity index is 1.92. The number of carboxylic acids is 1. The van der Waals surface area contributed by atoms with E-state index in [0.29, 0.717) is 23.8 Å². The molecule has 21 heavy (non-hydrogen) atoms. The van der Waals surface area contributed by atoms with Crippen molar-refractivity contribution in [3.05, 3.63) is 34.9 Å². The highest BCUT2D eigenvalue weighted by atomic mass is 35.5. The summed E-state index contributed by atoms with van der Waals surface area (Å²) < 4.78 is 0. The Hall–Kier alpha value is -1.06. The standard InChI is InChI=1S/C17H23ClO3/c18-16-8-4-3-7-13(16)10-14(17(20)21)11-15(19)9-12-5-1-2-6-12/h3-4,7-8,12,14-15,19H,1-2,5-6,9-11H2,(H,20,21). The zero-order chi connectivity index (χ0) is 15.2. The van der Waals surface area contributed by atoms with Crippen molar-refractivity contribution in [2.75, 3.05) is 0 Å². The molecule has 0 spiro atoms. The van der Waals surface area contributed by atoms with Gasteiger partial charge in [0.2, 0.25) is 0 Å². The predicted octanol–water partition coefficient (Wildman–Crippen LogP) is 3.91. The fourth-order valence-electron chi connectivity index (χ4n) is 3.26. The van der Waals surface area contributed by atoms with E-state index in [-0.39, 0.29) is 0 Å². The molecule has 3 nitrogen and oxygen atoms in total. The van der Waals surface area contributed by atoms with E-state index in [2.05, 4.69) is 0 Å². The molecule has 2 atom stereocenters. The fraction of sp³-hybridized carbons (Fsp3) is 0.588. The van der Waals surface area contributed by atoms with E-state index in [1.54, 1.807) is 6.07 Å². The fourth-order valence-corrected chi connectivity index (χ4v) is 3.47. The molecular formula is C17H23ClO3. The normalized spacial score (nSPS) is 18.6. The number of aliphatic carboxylic acids is 1. The number of benzene rings is 1. The maximum atomic E-state index is 11.4. The van der Waals surface area contributed by atoms with Crippen molar-refractivity contribution in [1.29, 1.82) is 0 Å². The first-order chi connectivity index (χ1) is 10.1. The lowest BCUT2D eigenvalue weighted by atomic mass is 9.89. The van der Waals surface area contributed by atoms with Gasteiger partial charge >= 0.3 is 5.97 Å². The first kappa shape index (κ1) is 16.3. The number of aliphatic hydroxyl groups is 1. The summed E-state index contributed by atoms with van der Waals surface area (Å²) in [6.07, 6.45) is 5.67. The highest BCUT2D eigenvalue weighted by Gasteiger charge is 2.25. The third kappa shape index (κ3) is 5.01. The van der Waals surface area contributed by atoms with Gasteiger partial charge in [-0.05, 0) is 36.8 Å². The number of carbonyl (C=O) groups is 1. The Labute approximate surface area is 130 Å². The van der Waals surface area contributed by atoms with Crippen LogP contribution in [0.4, 0.5) is 0 Å². The van der Waals surface area contributed by atoms with Crippen LogP contribution in [0.1, 0.15) is 44.1 Å². The van der Waals surface area contributed by atoms with E-state index in [1.165, 1.54) is 25.7 Å². The molecule has 1 aliphatic carbocycles. The average Bonchev–Trinajstić information content (AvgIpc) is 2.93. The van der Waals surface area contributed by atoms with Gasteiger partial charge in [0.25, 0.3) is 0 Å². The van der Waals surface area contributed by atoms with Crippen LogP contribution < -0.4 is 0 Å². The third-order valence-corrected chi connectivity index (χ3v) is 4.78. The molecule has 1 aromatic rings. The maximum absolute atomic E-state index is 11.4. The van der Waals surface area contributed by atoms with Gasteiger partial charge in [-0.2, -0.15) is 0 Å². The maximum Gasteiger partial charge on any atom is 0.306 e. The Morgan fingerprint density at radius 2 is 1.95 bits per heavy atom. The van der Waals surface area contributed by atoms with Gasteiger partial charge in [0, 0.05) is 5.02 Å². The molecule has 2 unspecified atom stereocenters. The minimum atomic E-state index is -0.861. The van der Waals surface area contributed by atoms with E-state index in [9.17, 15) is 15.0 Å². The highest BCUT2D eigenvalue weighted by molar-refractivity contribution is 6.31. The lowest BCUT2D eigenvalue weighted by molar-refractivity contribution is -0.142. The second kappa shape index (κ2) is 7.81. The molecule has 116 valence electrons. The van der Waals surface area contributed by atoms with E-state index in [1.807, 2.05) is 18.2 Å². The van der Waals surface area contributed by atoms with Crippen molar-refractivity contribution in [2.45, 2.75) is 51.0 Å². The molecule has 0 saturated heterocycles. The molecule has 1 fully saturated rings.